The van der Waals surface area contributed by atoms with E-state index in [1.807, 2.05) is 6.07 Å². The largest absolute Gasteiger partial charge is 0.363 e. The third-order valence-electron chi connectivity index (χ3n) is 6.48. The number of nitrogens with zero attached hydrogens (tertiary/aromatic N) is 6. The molecule has 194 valence electrons. The quantitative estimate of drug-likeness (QED) is 0.347. The van der Waals surface area contributed by atoms with Crippen LogP contribution >= 0.6 is 0 Å². The van der Waals surface area contributed by atoms with Gasteiger partial charge in [-0.3, -0.25) is 0 Å². The topological polar surface area (TPSA) is 117 Å². The fourth-order valence-electron chi connectivity index (χ4n) is 4.52. The van der Waals surface area contributed by atoms with E-state index in [0.29, 0.717) is 41.4 Å². The second kappa shape index (κ2) is 9.93. The molecule has 5 rings (SSSR count). The van der Waals surface area contributed by atoms with Crippen molar-refractivity contribution in [3.63, 3.8) is 0 Å². The summed E-state index contributed by atoms with van der Waals surface area (Å²) in [5, 5.41) is 14.6. The predicted molar refractivity (Wildman–Crippen MR) is 146 cm³/mol. The SMILES string of the molecule is Cc1ccc(CNc2cc(C(C)(C)C)on2)cc1Nc1ncnc2cnc(N3CC(C)NC(C)C3)nc12. The van der Waals surface area contributed by atoms with Gasteiger partial charge in [0.05, 0.1) is 6.20 Å². The molecule has 4 aromatic rings. The molecule has 1 aliphatic rings. The minimum atomic E-state index is -0.0843. The molecule has 1 aliphatic heterocycles. The molecule has 2 unspecified atom stereocenters. The molecule has 0 aliphatic carbocycles. The lowest BCUT2D eigenvalue weighted by atomic mass is 9.93. The Hall–Kier alpha value is -3.79. The van der Waals surface area contributed by atoms with Crippen LogP contribution < -0.4 is 20.9 Å². The number of aryl methyl sites for hydroxylation is 1. The molecule has 3 aromatic heterocycles. The first-order valence-corrected chi connectivity index (χ1v) is 12.7. The van der Waals surface area contributed by atoms with E-state index in [1.165, 1.54) is 0 Å². The van der Waals surface area contributed by atoms with E-state index in [4.69, 9.17) is 9.51 Å². The van der Waals surface area contributed by atoms with Crippen molar-refractivity contribution in [2.24, 2.45) is 0 Å². The van der Waals surface area contributed by atoms with Gasteiger partial charge in [0.25, 0.3) is 0 Å². The predicted octanol–water partition coefficient (Wildman–Crippen LogP) is 4.56. The molecule has 10 heteroatoms. The Kier molecular flexibility index (Phi) is 6.68. The molecule has 0 radical (unpaired) electrons. The molecule has 2 atom stereocenters. The molecular weight excluding hydrogens is 466 g/mol. The Balaban J connectivity index is 1.37. The van der Waals surface area contributed by atoms with Gasteiger partial charge in [-0.15, -0.1) is 0 Å². The summed E-state index contributed by atoms with van der Waals surface area (Å²) in [5.41, 5.74) is 4.48. The molecular formula is C27H35N9O. The molecule has 1 fully saturated rings. The van der Waals surface area contributed by atoms with Crippen molar-refractivity contribution in [2.75, 3.05) is 28.6 Å². The molecule has 0 amide bonds. The van der Waals surface area contributed by atoms with E-state index < -0.39 is 0 Å². The summed E-state index contributed by atoms with van der Waals surface area (Å²) in [5.74, 6) is 2.93. The zero-order valence-electron chi connectivity index (χ0n) is 22.3. The van der Waals surface area contributed by atoms with Gasteiger partial charge in [-0.05, 0) is 38.0 Å². The van der Waals surface area contributed by atoms with Crippen molar-refractivity contribution in [3.8, 4) is 0 Å². The summed E-state index contributed by atoms with van der Waals surface area (Å²) in [4.78, 5) is 20.6. The highest BCUT2D eigenvalue weighted by Crippen LogP contribution is 2.27. The van der Waals surface area contributed by atoms with Crippen molar-refractivity contribution < 1.29 is 4.52 Å². The Morgan fingerprint density at radius 3 is 2.59 bits per heavy atom. The molecule has 10 nitrogen and oxygen atoms in total. The average Bonchev–Trinajstić information content (AvgIpc) is 3.34. The van der Waals surface area contributed by atoms with Gasteiger partial charge in [0.2, 0.25) is 5.95 Å². The number of piperazine rings is 1. The molecule has 4 heterocycles. The average molecular weight is 502 g/mol. The van der Waals surface area contributed by atoms with Crippen LogP contribution in [0.1, 0.15) is 51.5 Å². The normalized spacial score (nSPS) is 18.3. The number of anilines is 4. The van der Waals surface area contributed by atoms with Crippen LogP contribution in [0.25, 0.3) is 11.0 Å². The maximum absolute atomic E-state index is 5.49. The van der Waals surface area contributed by atoms with Gasteiger partial charge >= 0.3 is 0 Å². The van der Waals surface area contributed by atoms with Crippen molar-refractivity contribution in [1.82, 2.24) is 30.4 Å². The smallest absolute Gasteiger partial charge is 0.226 e. The lowest BCUT2D eigenvalue weighted by molar-refractivity contribution is 0.330. The van der Waals surface area contributed by atoms with Gasteiger partial charge < -0.3 is 25.4 Å². The summed E-state index contributed by atoms with van der Waals surface area (Å²) >= 11 is 0. The molecule has 1 saturated heterocycles. The first-order chi connectivity index (χ1) is 17.7. The van der Waals surface area contributed by atoms with Crippen molar-refractivity contribution in [1.29, 1.82) is 0 Å². The summed E-state index contributed by atoms with van der Waals surface area (Å²) in [6, 6.07) is 8.99. The minimum absolute atomic E-state index is 0.0843. The van der Waals surface area contributed by atoms with Gasteiger partial charge in [-0.2, -0.15) is 0 Å². The number of hydrogen-bond acceptors (Lipinski definition) is 10. The number of rotatable bonds is 6. The van der Waals surface area contributed by atoms with Crippen LogP contribution in [-0.2, 0) is 12.0 Å². The van der Waals surface area contributed by atoms with E-state index >= 15 is 0 Å². The maximum Gasteiger partial charge on any atom is 0.226 e. The number of hydrogen-bond donors (Lipinski definition) is 3. The van der Waals surface area contributed by atoms with Crippen molar-refractivity contribution in [2.45, 2.75) is 65.6 Å². The van der Waals surface area contributed by atoms with Gasteiger partial charge in [-0.25, -0.2) is 19.9 Å². The van der Waals surface area contributed by atoms with Crippen LogP contribution in [0, 0.1) is 6.92 Å². The van der Waals surface area contributed by atoms with Crippen LogP contribution in [0.4, 0.5) is 23.3 Å². The number of aromatic nitrogens is 5. The second-order valence-corrected chi connectivity index (χ2v) is 11.0. The van der Waals surface area contributed by atoms with Crippen molar-refractivity contribution >= 4 is 34.3 Å². The van der Waals surface area contributed by atoms with Crippen LogP contribution in [0.15, 0.2) is 41.3 Å². The monoisotopic (exact) mass is 501 g/mol. The summed E-state index contributed by atoms with van der Waals surface area (Å²) < 4.78 is 5.49. The standard InChI is InChI=1S/C27H35N9O/c1-16-7-8-19(11-28-23-10-22(37-35-23)27(4,5)6)9-20(16)33-25-24-21(30-15-31-25)12-29-26(34-24)36-13-17(2)32-18(3)14-36/h7-10,12,15,17-18,32H,11,13-14H2,1-6H3,(H,28,35)(H,30,31,33). The zero-order valence-corrected chi connectivity index (χ0v) is 22.3. The van der Waals surface area contributed by atoms with Crippen LogP contribution in [0.3, 0.4) is 0 Å². The van der Waals surface area contributed by atoms with Crippen LogP contribution in [0.5, 0.6) is 0 Å². The highest BCUT2D eigenvalue weighted by Gasteiger charge is 2.24. The van der Waals surface area contributed by atoms with E-state index in [1.54, 1.807) is 12.5 Å². The Morgan fingerprint density at radius 2 is 1.86 bits per heavy atom. The minimum Gasteiger partial charge on any atom is -0.363 e. The third kappa shape index (κ3) is 5.64. The summed E-state index contributed by atoms with van der Waals surface area (Å²) in [7, 11) is 0. The lowest BCUT2D eigenvalue weighted by Crippen LogP contribution is -2.54. The van der Waals surface area contributed by atoms with Crippen LogP contribution in [0.2, 0.25) is 0 Å². The third-order valence-corrected chi connectivity index (χ3v) is 6.48. The van der Waals surface area contributed by atoms with E-state index in [9.17, 15) is 0 Å². The summed E-state index contributed by atoms with van der Waals surface area (Å²) in [6.45, 7) is 15.0. The molecule has 3 N–H and O–H groups in total. The zero-order chi connectivity index (χ0) is 26.2. The maximum atomic E-state index is 5.49. The molecule has 0 bridgehead atoms. The molecule has 0 spiro atoms. The molecule has 1 aromatic carbocycles. The fourth-order valence-corrected chi connectivity index (χ4v) is 4.52. The molecule has 0 saturated carbocycles. The Labute approximate surface area is 217 Å². The number of fused-ring (bicyclic) bond motifs is 1. The second-order valence-electron chi connectivity index (χ2n) is 11.0. The fraction of sp³-hybridized carbons (Fsp3) is 0.444. The van der Waals surface area contributed by atoms with E-state index in [0.717, 1.165) is 41.5 Å². The lowest BCUT2D eigenvalue weighted by Gasteiger charge is -2.36. The van der Waals surface area contributed by atoms with Crippen LogP contribution in [-0.4, -0.2) is 50.3 Å². The van der Waals surface area contributed by atoms with Crippen molar-refractivity contribution in [3.05, 3.63) is 53.7 Å². The number of benzene rings is 1. The number of nitrogens with one attached hydrogen (secondary N) is 3. The highest BCUT2D eigenvalue weighted by molar-refractivity contribution is 5.87. The highest BCUT2D eigenvalue weighted by atomic mass is 16.5. The first kappa shape index (κ1) is 24.9. The Bertz CT molecular complexity index is 1380. The molecule has 37 heavy (non-hydrogen) atoms. The Morgan fingerprint density at radius 1 is 1.08 bits per heavy atom. The van der Waals surface area contributed by atoms with E-state index in [2.05, 4.69) is 101 Å². The van der Waals surface area contributed by atoms with Gasteiger partial charge in [0, 0.05) is 48.9 Å². The van der Waals surface area contributed by atoms with E-state index in [-0.39, 0.29) is 5.41 Å². The first-order valence-electron chi connectivity index (χ1n) is 12.7. The van der Waals surface area contributed by atoms with Gasteiger partial charge in [0.15, 0.2) is 11.6 Å². The van der Waals surface area contributed by atoms with Gasteiger partial charge in [0.1, 0.15) is 23.1 Å². The van der Waals surface area contributed by atoms with Gasteiger partial charge in [-0.1, -0.05) is 38.1 Å². The summed E-state index contributed by atoms with van der Waals surface area (Å²) in [6.07, 6.45) is 3.32.